The zero-order chi connectivity index (χ0) is 26.9. The summed E-state index contributed by atoms with van der Waals surface area (Å²) < 4.78 is 72.5. The molecule has 1 fully saturated rings. The first-order chi connectivity index (χ1) is 18.2. The average molecular weight is 527 g/mol. The first-order valence-corrected chi connectivity index (χ1v) is 12.1. The number of fused-ring (bicyclic) bond motifs is 1. The Hall–Kier alpha value is -3.85. The van der Waals surface area contributed by atoms with E-state index in [4.69, 9.17) is 4.74 Å². The lowest BCUT2D eigenvalue weighted by atomic mass is 9.91. The Labute approximate surface area is 215 Å². The monoisotopic (exact) mass is 526 g/mol. The Morgan fingerprint density at radius 1 is 1.00 bits per heavy atom. The summed E-state index contributed by atoms with van der Waals surface area (Å²) in [5.74, 6) is -0.875. The maximum atomic E-state index is 14.9. The molecule has 0 aliphatic carbocycles. The van der Waals surface area contributed by atoms with Gasteiger partial charge in [0.1, 0.15) is 18.2 Å². The minimum absolute atomic E-state index is 0.0985. The second kappa shape index (κ2) is 10.5. The number of likely N-dealkylation sites (tertiary alicyclic amines) is 1. The number of rotatable bonds is 8. The Bertz CT molecular complexity index is 1460. The van der Waals surface area contributed by atoms with Gasteiger partial charge in [0, 0.05) is 59.4 Å². The van der Waals surface area contributed by atoms with Crippen LogP contribution in [-0.2, 0) is 6.18 Å². The lowest BCUT2D eigenvalue weighted by Crippen LogP contribution is -2.49. The number of carbonyl (C=O) groups excluding carboxylic acids is 1. The van der Waals surface area contributed by atoms with Gasteiger partial charge in [0.2, 0.25) is 0 Å². The largest absolute Gasteiger partial charge is 0.492 e. The highest BCUT2D eigenvalue weighted by atomic mass is 19.4. The fraction of sp³-hybridized carbons (Fsp3) is 0.241. The van der Waals surface area contributed by atoms with Crippen molar-refractivity contribution in [1.29, 1.82) is 0 Å². The van der Waals surface area contributed by atoms with Crippen LogP contribution < -0.4 is 4.74 Å². The SMILES string of the molecule is O=C(c1ccc(OCCN2CC(CF)C2)cc1)c1c(-c2ccc(C(F)(F)F)cc2F)cnc2ccccc12. The van der Waals surface area contributed by atoms with Crippen molar-refractivity contribution in [1.82, 2.24) is 9.88 Å². The van der Waals surface area contributed by atoms with Crippen molar-refractivity contribution >= 4 is 16.7 Å². The molecule has 0 saturated carbocycles. The molecule has 0 radical (unpaired) electrons. The number of halogens is 5. The van der Waals surface area contributed by atoms with Crippen LogP contribution >= 0.6 is 0 Å². The summed E-state index contributed by atoms with van der Waals surface area (Å²) in [5, 5.41) is 0.454. The highest BCUT2D eigenvalue weighted by Crippen LogP contribution is 2.36. The van der Waals surface area contributed by atoms with Gasteiger partial charge in [0.25, 0.3) is 0 Å². The fourth-order valence-electron chi connectivity index (χ4n) is 4.60. The van der Waals surface area contributed by atoms with E-state index in [2.05, 4.69) is 9.88 Å². The number of pyridine rings is 1. The van der Waals surface area contributed by atoms with Crippen molar-refractivity contribution in [2.24, 2.45) is 5.92 Å². The highest BCUT2D eigenvalue weighted by molar-refractivity contribution is 6.19. The summed E-state index contributed by atoms with van der Waals surface area (Å²) in [6.45, 7) is 2.21. The number of benzene rings is 3. The lowest BCUT2D eigenvalue weighted by Gasteiger charge is -2.37. The Kier molecular flexibility index (Phi) is 7.12. The van der Waals surface area contributed by atoms with E-state index >= 15 is 0 Å². The van der Waals surface area contributed by atoms with Crippen molar-refractivity contribution in [2.45, 2.75) is 6.18 Å². The number of para-hydroxylation sites is 1. The quantitative estimate of drug-likeness (QED) is 0.192. The number of ether oxygens (including phenoxy) is 1. The normalized spacial score (nSPS) is 14.4. The zero-order valence-corrected chi connectivity index (χ0v) is 20.1. The van der Waals surface area contributed by atoms with Gasteiger partial charge in [-0.2, -0.15) is 13.2 Å². The van der Waals surface area contributed by atoms with Crippen LogP contribution in [-0.4, -0.2) is 48.6 Å². The molecule has 0 N–H and O–H groups in total. The number of carbonyl (C=O) groups is 1. The highest BCUT2D eigenvalue weighted by Gasteiger charge is 2.32. The molecule has 9 heteroatoms. The van der Waals surface area contributed by atoms with E-state index in [0.717, 1.165) is 25.2 Å². The molecule has 2 heterocycles. The molecule has 0 atom stereocenters. The van der Waals surface area contributed by atoms with Crippen LogP contribution in [0.1, 0.15) is 21.5 Å². The van der Waals surface area contributed by atoms with E-state index in [0.29, 0.717) is 41.4 Å². The van der Waals surface area contributed by atoms with E-state index < -0.39 is 23.3 Å². The molecule has 196 valence electrons. The van der Waals surface area contributed by atoms with Crippen molar-refractivity contribution < 1.29 is 31.5 Å². The molecular weight excluding hydrogens is 503 g/mol. The number of ketones is 1. The summed E-state index contributed by atoms with van der Waals surface area (Å²) >= 11 is 0. The predicted molar refractivity (Wildman–Crippen MR) is 133 cm³/mol. The molecule has 4 nitrogen and oxygen atoms in total. The van der Waals surface area contributed by atoms with Gasteiger partial charge < -0.3 is 4.74 Å². The van der Waals surface area contributed by atoms with Gasteiger partial charge in [0.05, 0.1) is 17.8 Å². The van der Waals surface area contributed by atoms with Crippen molar-refractivity contribution in [3.8, 4) is 16.9 Å². The molecule has 0 amide bonds. The van der Waals surface area contributed by atoms with Gasteiger partial charge in [0.15, 0.2) is 5.78 Å². The van der Waals surface area contributed by atoms with E-state index in [1.165, 1.54) is 6.20 Å². The summed E-state index contributed by atoms with van der Waals surface area (Å²) in [7, 11) is 0. The molecule has 3 aromatic carbocycles. The molecular formula is C29H23F5N2O2. The van der Waals surface area contributed by atoms with Crippen LogP contribution in [0.3, 0.4) is 0 Å². The molecule has 0 spiro atoms. The van der Waals surface area contributed by atoms with E-state index in [1.54, 1.807) is 48.5 Å². The molecule has 1 aliphatic heterocycles. The van der Waals surface area contributed by atoms with Crippen molar-refractivity contribution in [2.75, 3.05) is 32.9 Å². The number of nitrogens with zero attached hydrogens (tertiary/aromatic N) is 2. The number of aromatic nitrogens is 1. The van der Waals surface area contributed by atoms with Crippen LogP contribution in [0.4, 0.5) is 22.0 Å². The first-order valence-electron chi connectivity index (χ1n) is 12.1. The maximum absolute atomic E-state index is 14.9. The summed E-state index contributed by atoms with van der Waals surface area (Å²) in [4.78, 5) is 20.1. The van der Waals surface area contributed by atoms with Gasteiger partial charge in [-0.05, 0) is 42.5 Å². The lowest BCUT2D eigenvalue weighted by molar-refractivity contribution is -0.137. The molecule has 1 aromatic heterocycles. The number of hydrogen-bond donors (Lipinski definition) is 0. The minimum Gasteiger partial charge on any atom is -0.492 e. The Morgan fingerprint density at radius 3 is 2.42 bits per heavy atom. The first kappa shape index (κ1) is 25.8. The third-order valence-electron chi connectivity index (χ3n) is 6.63. The molecule has 1 saturated heterocycles. The molecule has 5 rings (SSSR count). The molecule has 0 bridgehead atoms. The number of alkyl halides is 4. The number of hydrogen-bond acceptors (Lipinski definition) is 4. The summed E-state index contributed by atoms with van der Waals surface area (Å²) in [6, 6.07) is 15.5. The van der Waals surface area contributed by atoms with Gasteiger partial charge in [-0.3, -0.25) is 19.1 Å². The van der Waals surface area contributed by atoms with Crippen LogP contribution in [0.25, 0.3) is 22.0 Å². The van der Waals surface area contributed by atoms with E-state index in [-0.39, 0.29) is 29.3 Å². The second-order valence-corrected chi connectivity index (χ2v) is 9.24. The topological polar surface area (TPSA) is 42.4 Å². The van der Waals surface area contributed by atoms with Crippen LogP contribution in [0.15, 0.2) is 72.9 Å². The van der Waals surface area contributed by atoms with Crippen molar-refractivity contribution in [3.63, 3.8) is 0 Å². The Morgan fingerprint density at radius 2 is 1.74 bits per heavy atom. The minimum atomic E-state index is -4.70. The van der Waals surface area contributed by atoms with Gasteiger partial charge in [-0.1, -0.05) is 24.3 Å². The molecule has 38 heavy (non-hydrogen) atoms. The average Bonchev–Trinajstić information content (AvgIpc) is 2.89. The van der Waals surface area contributed by atoms with E-state index in [9.17, 15) is 26.7 Å². The zero-order valence-electron chi connectivity index (χ0n) is 20.1. The second-order valence-electron chi connectivity index (χ2n) is 9.24. The standard InChI is InChI=1S/C29H23F5N2O2/c30-14-18-16-36(17-18)11-12-38-21-8-5-19(6-9-21)28(37)27-23-3-1-2-4-26(23)35-15-24(27)22-10-7-20(13-25(22)31)29(32,33)34/h1-10,13,15,18H,11-12,14,16-17H2. The van der Waals surface area contributed by atoms with Crippen LogP contribution in [0, 0.1) is 11.7 Å². The smallest absolute Gasteiger partial charge is 0.416 e. The van der Waals surface area contributed by atoms with Gasteiger partial charge in [-0.15, -0.1) is 0 Å². The third-order valence-corrected chi connectivity index (χ3v) is 6.63. The Balaban J connectivity index is 1.43. The van der Waals surface area contributed by atoms with Crippen LogP contribution in [0.5, 0.6) is 5.75 Å². The van der Waals surface area contributed by atoms with Gasteiger partial charge in [-0.25, -0.2) is 4.39 Å². The molecule has 1 aliphatic rings. The summed E-state index contributed by atoms with van der Waals surface area (Å²) in [6.07, 6.45) is -3.39. The molecule has 4 aromatic rings. The fourth-order valence-corrected chi connectivity index (χ4v) is 4.60. The van der Waals surface area contributed by atoms with Crippen molar-refractivity contribution in [3.05, 3.63) is 95.4 Å². The van der Waals surface area contributed by atoms with Gasteiger partial charge >= 0.3 is 6.18 Å². The third kappa shape index (κ3) is 5.24. The van der Waals surface area contributed by atoms with E-state index in [1.807, 2.05) is 0 Å². The molecule has 0 unspecified atom stereocenters. The predicted octanol–water partition coefficient (Wildman–Crippen LogP) is 6.57. The summed E-state index contributed by atoms with van der Waals surface area (Å²) in [5.41, 5.74) is -0.235. The maximum Gasteiger partial charge on any atom is 0.416 e. The van der Waals surface area contributed by atoms with Crippen LogP contribution in [0.2, 0.25) is 0 Å².